The van der Waals surface area contributed by atoms with Gasteiger partial charge in [-0.25, -0.2) is 4.79 Å². The minimum Gasteiger partial charge on any atom is -0.342 e. The Morgan fingerprint density at radius 2 is 1.46 bits per heavy atom. The first kappa shape index (κ1) is 27.6. The minimum absolute atomic E-state index is 0.0180. The second-order valence-corrected chi connectivity index (χ2v) is 14.9. The molecule has 1 heterocycles. The molecular weight excluding hydrogens is 486 g/mol. The van der Waals surface area contributed by atoms with Crippen LogP contribution in [-0.4, -0.2) is 52.8 Å². The Balaban J connectivity index is 1.22. The Bertz CT molecular complexity index is 956. The summed E-state index contributed by atoms with van der Waals surface area (Å²) in [6, 6.07) is 0.568. The molecule has 5 aliphatic carbocycles. The highest BCUT2D eigenvalue weighted by molar-refractivity contribution is 5.96. The van der Waals surface area contributed by atoms with E-state index in [-0.39, 0.29) is 40.8 Å². The first-order chi connectivity index (χ1) is 18.7. The zero-order chi connectivity index (χ0) is 27.4. The Hall–Kier alpha value is -1.59. The molecule has 1 saturated heterocycles. The summed E-state index contributed by atoms with van der Waals surface area (Å²) >= 11 is 0. The van der Waals surface area contributed by atoms with Gasteiger partial charge in [0.1, 0.15) is 0 Å². The lowest BCUT2D eigenvalue weighted by Crippen LogP contribution is -2.62. The molecule has 7 atom stereocenters. The van der Waals surface area contributed by atoms with Gasteiger partial charge < -0.3 is 10.2 Å². The van der Waals surface area contributed by atoms with E-state index in [4.69, 9.17) is 0 Å². The van der Waals surface area contributed by atoms with E-state index < -0.39 is 0 Å². The van der Waals surface area contributed by atoms with Crippen LogP contribution in [0.15, 0.2) is 0 Å². The van der Waals surface area contributed by atoms with Gasteiger partial charge in [-0.3, -0.25) is 14.5 Å². The third-order valence-electron chi connectivity index (χ3n) is 13.2. The van der Waals surface area contributed by atoms with E-state index in [1.165, 1.54) is 32.1 Å². The maximum Gasteiger partial charge on any atom is 0.324 e. The second kappa shape index (κ2) is 10.7. The number of nitrogens with zero attached hydrogens (tertiary/aromatic N) is 2. The van der Waals surface area contributed by atoms with Crippen molar-refractivity contribution >= 4 is 17.8 Å². The van der Waals surface area contributed by atoms with Crippen molar-refractivity contribution in [2.45, 2.75) is 148 Å². The monoisotopic (exact) mass is 539 g/mol. The van der Waals surface area contributed by atoms with E-state index in [1.54, 1.807) is 4.90 Å². The smallest absolute Gasteiger partial charge is 0.324 e. The van der Waals surface area contributed by atoms with Gasteiger partial charge in [-0.15, -0.1) is 0 Å². The van der Waals surface area contributed by atoms with Crippen LogP contribution in [0.25, 0.3) is 0 Å². The zero-order valence-corrected chi connectivity index (χ0v) is 24.9. The first-order valence-electron chi connectivity index (χ1n) is 16.6. The molecular formula is C33H53N3O3. The van der Waals surface area contributed by atoms with Gasteiger partial charge in [-0.2, -0.15) is 0 Å². The number of nitrogens with one attached hydrogen (secondary N) is 1. The van der Waals surface area contributed by atoms with Crippen LogP contribution in [0.3, 0.4) is 0 Å². The van der Waals surface area contributed by atoms with E-state index in [1.807, 2.05) is 7.05 Å². The lowest BCUT2D eigenvalue weighted by atomic mass is 9.47. The summed E-state index contributed by atoms with van der Waals surface area (Å²) < 4.78 is 0. The summed E-state index contributed by atoms with van der Waals surface area (Å²) in [7, 11) is 2.03. The van der Waals surface area contributed by atoms with E-state index in [0.29, 0.717) is 36.1 Å². The molecule has 0 aromatic carbocycles. The zero-order valence-electron chi connectivity index (χ0n) is 24.9. The molecule has 4 amide bonds. The number of urea groups is 1. The fourth-order valence-corrected chi connectivity index (χ4v) is 11.0. The van der Waals surface area contributed by atoms with Crippen LogP contribution in [0.5, 0.6) is 0 Å². The summed E-state index contributed by atoms with van der Waals surface area (Å²) in [5.74, 6) is 2.26. The van der Waals surface area contributed by atoms with E-state index in [0.717, 1.165) is 77.0 Å². The number of fused-ring (bicyclic) bond motifs is 5. The Kier molecular flexibility index (Phi) is 7.54. The molecule has 6 nitrogen and oxygen atoms in total. The Morgan fingerprint density at radius 3 is 2.18 bits per heavy atom. The van der Waals surface area contributed by atoms with Crippen LogP contribution >= 0.6 is 0 Å². The molecule has 0 aromatic heterocycles. The number of rotatable bonds is 3. The fraction of sp³-hybridized carbons (Fsp3) is 0.909. The largest absolute Gasteiger partial charge is 0.342 e. The molecule has 1 N–H and O–H groups in total. The Labute approximate surface area is 236 Å². The highest BCUT2D eigenvalue weighted by Crippen LogP contribution is 2.66. The van der Waals surface area contributed by atoms with Crippen LogP contribution in [0.1, 0.15) is 129 Å². The van der Waals surface area contributed by atoms with Gasteiger partial charge in [0, 0.05) is 37.5 Å². The molecule has 6 heteroatoms. The number of carbonyl (C=O) groups is 3. The third-order valence-corrected chi connectivity index (χ3v) is 13.2. The molecule has 0 bridgehead atoms. The number of carbonyl (C=O) groups excluding carboxylic acids is 3. The molecule has 5 saturated carbocycles. The fourth-order valence-electron chi connectivity index (χ4n) is 11.0. The molecule has 0 aromatic rings. The predicted molar refractivity (Wildman–Crippen MR) is 153 cm³/mol. The van der Waals surface area contributed by atoms with Crippen molar-refractivity contribution in [3.8, 4) is 0 Å². The lowest BCUT2D eigenvalue weighted by molar-refractivity contribution is -0.161. The molecule has 6 rings (SSSR count). The predicted octanol–water partition coefficient (Wildman–Crippen LogP) is 6.67. The van der Waals surface area contributed by atoms with Crippen molar-refractivity contribution in [2.24, 2.45) is 34.5 Å². The normalized spacial score (nSPS) is 41.4. The van der Waals surface area contributed by atoms with Crippen LogP contribution in [0.2, 0.25) is 0 Å². The van der Waals surface area contributed by atoms with Gasteiger partial charge in [0.15, 0.2) is 0 Å². The molecule has 1 aliphatic heterocycles. The van der Waals surface area contributed by atoms with E-state index in [2.05, 4.69) is 24.1 Å². The lowest BCUT2D eigenvalue weighted by Gasteiger charge is -2.61. The number of amides is 4. The van der Waals surface area contributed by atoms with E-state index >= 15 is 0 Å². The average Bonchev–Trinajstić information content (AvgIpc) is 3.29. The maximum atomic E-state index is 14.5. The molecule has 6 fully saturated rings. The number of likely N-dealkylation sites (tertiary alicyclic amines) is 1. The molecule has 39 heavy (non-hydrogen) atoms. The van der Waals surface area contributed by atoms with Gasteiger partial charge in [0.2, 0.25) is 11.8 Å². The number of hydrogen-bond acceptors (Lipinski definition) is 3. The van der Waals surface area contributed by atoms with Crippen LogP contribution in [0.4, 0.5) is 4.79 Å². The van der Waals surface area contributed by atoms with Gasteiger partial charge in [0.25, 0.3) is 0 Å². The van der Waals surface area contributed by atoms with Crippen molar-refractivity contribution in [1.82, 2.24) is 15.1 Å². The number of hydrogen-bond donors (Lipinski definition) is 1. The molecule has 2 unspecified atom stereocenters. The Morgan fingerprint density at radius 1 is 0.795 bits per heavy atom. The van der Waals surface area contributed by atoms with Gasteiger partial charge >= 0.3 is 6.03 Å². The van der Waals surface area contributed by atoms with Crippen molar-refractivity contribution in [1.29, 1.82) is 0 Å². The summed E-state index contributed by atoms with van der Waals surface area (Å²) in [5, 5.41) is 3.33. The minimum atomic E-state index is -0.0949. The molecule has 218 valence electrons. The van der Waals surface area contributed by atoms with Crippen LogP contribution in [-0.2, 0) is 9.59 Å². The van der Waals surface area contributed by atoms with Gasteiger partial charge in [-0.05, 0) is 99.2 Å². The third kappa shape index (κ3) is 4.64. The SMILES string of the molecule is CN1C(=O)CC[C@@]2(C)C1CC[C@@H]1[C@H]2CC[C@]2(C)C(C(=O)N(C(=O)NC3CCCCC3)C3CCCCC3)CC[C@@H]12. The summed E-state index contributed by atoms with van der Waals surface area (Å²) in [6.45, 7) is 4.88. The summed E-state index contributed by atoms with van der Waals surface area (Å²) in [5.41, 5.74) is 0.179. The number of piperidine rings is 1. The van der Waals surface area contributed by atoms with E-state index in [9.17, 15) is 14.4 Å². The van der Waals surface area contributed by atoms with Gasteiger partial charge in [-0.1, -0.05) is 52.4 Å². The number of imide groups is 1. The standard InChI is InChI=1S/C33H53N3O3/c1-32-20-18-26-24(14-17-28-33(26,2)21-19-29(37)35(28)3)25(32)15-16-27(32)30(38)36(23-12-8-5-9-13-23)31(39)34-22-10-6-4-7-11-22/h22-28H,4-21H2,1-3H3,(H,34,39)/t24-,25-,26+,27?,28?,32-,33+/m0/s1. The van der Waals surface area contributed by atoms with Crippen LogP contribution < -0.4 is 5.32 Å². The van der Waals surface area contributed by atoms with Crippen molar-refractivity contribution in [2.75, 3.05) is 7.05 Å². The summed E-state index contributed by atoms with van der Waals surface area (Å²) in [6.07, 6.45) is 19.4. The van der Waals surface area contributed by atoms with Gasteiger partial charge in [0.05, 0.1) is 0 Å². The summed E-state index contributed by atoms with van der Waals surface area (Å²) in [4.78, 5) is 44.7. The van der Waals surface area contributed by atoms with Crippen molar-refractivity contribution in [3.63, 3.8) is 0 Å². The molecule has 0 radical (unpaired) electrons. The average molecular weight is 540 g/mol. The van der Waals surface area contributed by atoms with Crippen LogP contribution in [0, 0.1) is 34.5 Å². The molecule has 0 spiro atoms. The first-order valence-corrected chi connectivity index (χ1v) is 16.6. The van der Waals surface area contributed by atoms with Crippen molar-refractivity contribution in [3.05, 3.63) is 0 Å². The maximum absolute atomic E-state index is 14.5. The molecule has 6 aliphatic rings. The van der Waals surface area contributed by atoms with Crippen molar-refractivity contribution < 1.29 is 14.4 Å². The second-order valence-electron chi connectivity index (χ2n) is 14.9. The quantitative estimate of drug-likeness (QED) is 0.435. The topological polar surface area (TPSA) is 69.7 Å². The highest BCUT2D eigenvalue weighted by Gasteiger charge is 2.62. The highest BCUT2D eigenvalue weighted by atomic mass is 16.2.